The Morgan fingerprint density at radius 2 is 2.08 bits per heavy atom. The molecule has 0 radical (unpaired) electrons. The van der Waals surface area contributed by atoms with E-state index in [1.807, 2.05) is 28.8 Å². The summed E-state index contributed by atoms with van der Waals surface area (Å²) in [6.07, 6.45) is 4.78. The van der Waals surface area contributed by atoms with Crippen LogP contribution in [0.15, 0.2) is 43.0 Å². The molecular formula is C17H11ClN6. The molecule has 0 bridgehead atoms. The molecule has 0 aliphatic carbocycles. The van der Waals surface area contributed by atoms with E-state index in [-0.39, 0.29) is 0 Å². The van der Waals surface area contributed by atoms with E-state index in [2.05, 4.69) is 21.0 Å². The van der Waals surface area contributed by atoms with Gasteiger partial charge in [0.2, 0.25) is 0 Å². The predicted octanol–water partition coefficient (Wildman–Crippen LogP) is 3.14. The molecule has 0 saturated heterocycles. The first-order valence-electron chi connectivity index (χ1n) is 7.19. The molecule has 0 unspecified atom stereocenters. The molecule has 3 aromatic heterocycles. The van der Waals surface area contributed by atoms with Gasteiger partial charge in [0.25, 0.3) is 0 Å². The molecule has 2 N–H and O–H groups in total. The van der Waals surface area contributed by atoms with Crippen molar-refractivity contribution in [2.24, 2.45) is 0 Å². The summed E-state index contributed by atoms with van der Waals surface area (Å²) in [5.74, 6) is 0.310. The summed E-state index contributed by atoms with van der Waals surface area (Å²) in [5.41, 5.74) is 8.93. The largest absolute Gasteiger partial charge is 0.383 e. The van der Waals surface area contributed by atoms with Crippen LogP contribution in [0.5, 0.6) is 0 Å². The Labute approximate surface area is 142 Å². The zero-order valence-corrected chi connectivity index (χ0v) is 13.2. The molecular weight excluding hydrogens is 324 g/mol. The molecule has 1 aromatic carbocycles. The predicted molar refractivity (Wildman–Crippen MR) is 92.5 cm³/mol. The lowest BCUT2D eigenvalue weighted by molar-refractivity contribution is 0.824. The van der Waals surface area contributed by atoms with E-state index in [4.69, 9.17) is 17.3 Å². The second-order valence-electron chi connectivity index (χ2n) is 5.42. The Hall–Kier alpha value is -3.17. The van der Waals surface area contributed by atoms with E-state index in [1.54, 1.807) is 12.4 Å². The Kier molecular flexibility index (Phi) is 3.29. The number of halogens is 1. The third-order valence-corrected chi connectivity index (χ3v) is 4.08. The Morgan fingerprint density at radius 1 is 1.21 bits per heavy atom. The molecule has 24 heavy (non-hydrogen) atoms. The van der Waals surface area contributed by atoms with Crippen LogP contribution in [0.4, 0.5) is 5.82 Å². The van der Waals surface area contributed by atoms with Crippen molar-refractivity contribution in [3.63, 3.8) is 0 Å². The average molecular weight is 335 g/mol. The first kappa shape index (κ1) is 14.4. The van der Waals surface area contributed by atoms with Gasteiger partial charge in [-0.25, -0.2) is 9.97 Å². The van der Waals surface area contributed by atoms with Crippen LogP contribution in [0.2, 0.25) is 5.02 Å². The first-order valence-corrected chi connectivity index (χ1v) is 7.57. The highest BCUT2D eigenvalue weighted by molar-refractivity contribution is 6.31. The SMILES string of the molecule is N#Cc1cn(Cc2ccc3ncc(Cl)cc3c2)c2ncnc(N)c12. The van der Waals surface area contributed by atoms with Gasteiger partial charge in [-0.15, -0.1) is 0 Å². The number of benzene rings is 1. The summed E-state index contributed by atoms with van der Waals surface area (Å²) in [5, 5.41) is 11.5. The Morgan fingerprint density at radius 3 is 2.92 bits per heavy atom. The molecule has 0 fully saturated rings. The summed E-state index contributed by atoms with van der Waals surface area (Å²) in [7, 11) is 0. The van der Waals surface area contributed by atoms with Crippen molar-refractivity contribution >= 4 is 39.4 Å². The van der Waals surface area contributed by atoms with Gasteiger partial charge in [-0.2, -0.15) is 5.26 Å². The molecule has 4 aromatic rings. The zero-order chi connectivity index (χ0) is 16.7. The number of aromatic nitrogens is 4. The minimum Gasteiger partial charge on any atom is -0.383 e. The maximum atomic E-state index is 9.31. The topological polar surface area (TPSA) is 93.4 Å². The quantitative estimate of drug-likeness (QED) is 0.607. The lowest BCUT2D eigenvalue weighted by Crippen LogP contribution is -2.00. The van der Waals surface area contributed by atoms with Crippen molar-refractivity contribution < 1.29 is 0 Å². The molecule has 0 spiro atoms. The van der Waals surface area contributed by atoms with E-state index in [9.17, 15) is 5.26 Å². The standard InChI is InChI=1S/C17H11ClN6/c18-13-4-11-3-10(1-2-14(11)21-6-13)7-24-8-12(5-19)15-16(20)22-9-23-17(15)24/h1-4,6,8-9H,7H2,(H2,20,22,23). The van der Waals surface area contributed by atoms with Crippen LogP contribution < -0.4 is 5.73 Å². The van der Waals surface area contributed by atoms with Crippen molar-refractivity contribution in [1.29, 1.82) is 5.26 Å². The summed E-state index contributed by atoms with van der Waals surface area (Å²) in [6.45, 7) is 0.553. The maximum absolute atomic E-state index is 9.31. The van der Waals surface area contributed by atoms with Gasteiger partial charge < -0.3 is 10.3 Å². The molecule has 6 nitrogen and oxygen atoms in total. The highest BCUT2D eigenvalue weighted by Crippen LogP contribution is 2.25. The molecule has 7 heteroatoms. The number of nitriles is 1. The summed E-state index contributed by atoms with van der Waals surface area (Å²) in [4.78, 5) is 12.5. The van der Waals surface area contributed by atoms with Gasteiger partial charge >= 0.3 is 0 Å². The molecule has 3 heterocycles. The number of nitrogens with two attached hydrogens (primary N) is 1. The fourth-order valence-electron chi connectivity index (χ4n) is 2.80. The lowest BCUT2D eigenvalue weighted by atomic mass is 10.1. The van der Waals surface area contributed by atoms with Crippen LogP contribution in [0.25, 0.3) is 21.9 Å². The molecule has 116 valence electrons. The van der Waals surface area contributed by atoms with Gasteiger partial charge in [-0.1, -0.05) is 17.7 Å². The third kappa shape index (κ3) is 2.32. The van der Waals surface area contributed by atoms with Gasteiger partial charge in [0.05, 0.1) is 21.5 Å². The van der Waals surface area contributed by atoms with Gasteiger partial charge in [-0.3, -0.25) is 4.98 Å². The average Bonchev–Trinajstić information content (AvgIpc) is 2.94. The highest BCUT2D eigenvalue weighted by Gasteiger charge is 2.13. The number of hydrogen-bond donors (Lipinski definition) is 1. The second-order valence-corrected chi connectivity index (χ2v) is 5.86. The van der Waals surface area contributed by atoms with Crippen molar-refractivity contribution in [3.05, 3.63) is 59.1 Å². The molecule has 0 atom stereocenters. The monoisotopic (exact) mass is 334 g/mol. The molecule has 0 aliphatic heterocycles. The number of anilines is 1. The molecule has 0 amide bonds. The van der Waals surface area contributed by atoms with E-state index in [0.717, 1.165) is 16.5 Å². The molecule has 4 rings (SSSR count). The van der Waals surface area contributed by atoms with E-state index < -0.39 is 0 Å². The summed E-state index contributed by atoms with van der Waals surface area (Å²) < 4.78 is 1.89. The number of nitrogen functional groups attached to an aromatic ring is 1. The van der Waals surface area contributed by atoms with Crippen molar-refractivity contribution in [1.82, 2.24) is 19.5 Å². The molecule has 0 aliphatic rings. The number of fused-ring (bicyclic) bond motifs is 2. The fourth-order valence-corrected chi connectivity index (χ4v) is 2.97. The van der Waals surface area contributed by atoms with E-state index in [0.29, 0.717) is 34.0 Å². The van der Waals surface area contributed by atoms with Gasteiger partial charge in [-0.05, 0) is 23.8 Å². The summed E-state index contributed by atoms with van der Waals surface area (Å²) >= 11 is 6.01. The minimum atomic E-state index is 0.310. The number of rotatable bonds is 2. The van der Waals surface area contributed by atoms with Gasteiger partial charge in [0.1, 0.15) is 23.9 Å². The Bertz CT molecular complexity index is 1130. The second kappa shape index (κ2) is 5.48. The third-order valence-electron chi connectivity index (χ3n) is 3.87. The lowest BCUT2D eigenvalue weighted by Gasteiger charge is -2.06. The van der Waals surface area contributed by atoms with Gasteiger partial charge in [0, 0.05) is 24.3 Å². The fraction of sp³-hybridized carbons (Fsp3) is 0.0588. The smallest absolute Gasteiger partial charge is 0.147 e. The van der Waals surface area contributed by atoms with Crippen LogP contribution in [0.1, 0.15) is 11.1 Å². The van der Waals surface area contributed by atoms with E-state index >= 15 is 0 Å². The Balaban J connectivity index is 1.82. The highest BCUT2D eigenvalue weighted by atomic mass is 35.5. The zero-order valence-electron chi connectivity index (χ0n) is 12.4. The van der Waals surface area contributed by atoms with Crippen molar-refractivity contribution in [2.45, 2.75) is 6.54 Å². The normalized spacial score (nSPS) is 11.0. The van der Waals surface area contributed by atoms with Crippen LogP contribution in [0, 0.1) is 11.3 Å². The number of nitrogens with zero attached hydrogens (tertiary/aromatic N) is 5. The van der Waals surface area contributed by atoms with Crippen molar-refractivity contribution in [2.75, 3.05) is 5.73 Å². The van der Waals surface area contributed by atoms with Crippen LogP contribution in [0.3, 0.4) is 0 Å². The van der Waals surface area contributed by atoms with Crippen LogP contribution in [-0.2, 0) is 6.54 Å². The van der Waals surface area contributed by atoms with Crippen molar-refractivity contribution in [3.8, 4) is 6.07 Å². The molecule has 0 saturated carbocycles. The van der Waals surface area contributed by atoms with Crippen LogP contribution in [-0.4, -0.2) is 19.5 Å². The van der Waals surface area contributed by atoms with Gasteiger partial charge in [0.15, 0.2) is 0 Å². The number of hydrogen-bond acceptors (Lipinski definition) is 5. The first-order chi connectivity index (χ1) is 11.7. The summed E-state index contributed by atoms with van der Waals surface area (Å²) in [6, 6.07) is 9.98. The van der Waals surface area contributed by atoms with Crippen LogP contribution >= 0.6 is 11.6 Å². The minimum absolute atomic E-state index is 0.310. The number of pyridine rings is 1. The van der Waals surface area contributed by atoms with E-state index in [1.165, 1.54) is 6.33 Å². The maximum Gasteiger partial charge on any atom is 0.147 e.